The number of thioether (sulfide) groups is 1. The van der Waals surface area contributed by atoms with Gasteiger partial charge in [0.05, 0.1) is 6.54 Å². The minimum Gasteiger partial charge on any atom is -0.491 e. The lowest BCUT2D eigenvalue weighted by Gasteiger charge is -2.21. The summed E-state index contributed by atoms with van der Waals surface area (Å²) in [6.45, 7) is 8.11. The van der Waals surface area contributed by atoms with Crippen molar-refractivity contribution in [1.82, 2.24) is 10.6 Å². The van der Waals surface area contributed by atoms with Gasteiger partial charge in [-0.3, -0.25) is 4.99 Å². The van der Waals surface area contributed by atoms with E-state index in [1.165, 1.54) is 24.3 Å². The first-order chi connectivity index (χ1) is 11.4. The predicted molar refractivity (Wildman–Crippen MR) is 99.5 cm³/mol. The fourth-order valence-electron chi connectivity index (χ4n) is 1.67. The summed E-state index contributed by atoms with van der Waals surface area (Å²) in [7, 11) is 0. The molecule has 5 nitrogen and oxygen atoms in total. The number of aliphatic hydroxyl groups excluding tert-OH is 1. The first kappa shape index (κ1) is 20.6. The van der Waals surface area contributed by atoms with Gasteiger partial charge < -0.3 is 20.5 Å². The summed E-state index contributed by atoms with van der Waals surface area (Å²) in [6, 6.07) is 5.71. The van der Waals surface area contributed by atoms with Crippen LogP contribution >= 0.6 is 11.8 Å². The van der Waals surface area contributed by atoms with Crippen molar-refractivity contribution in [2.24, 2.45) is 4.99 Å². The minimum absolute atomic E-state index is 0.0622. The maximum atomic E-state index is 12.8. The van der Waals surface area contributed by atoms with E-state index in [0.29, 0.717) is 24.8 Å². The highest BCUT2D eigenvalue weighted by Crippen LogP contribution is 2.20. The van der Waals surface area contributed by atoms with Gasteiger partial charge >= 0.3 is 0 Å². The molecule has 1 aromatic carbocycles. The van der Waals surface area contributed by atoms with Crippen molar-refractivity contribution in [3.63, 3.8) is 0 Å². The molecule has 0 bridgehead atoms. The molecule has 0 spiro atoms. The van der Waals surface area contributed by atoms with Gasteiger partial charge in [0.2, 0.25) is 0 Å². The Hall–Kier alpha value is -1.47. The maximum Gasteiger partial charge on any atom is 0.191 e. The molecule has 7 heteroatoms. The Labute approximate surface area is 148 Å². The molecule has 0 heterocycles. The smallest absolute Gasteiger partial charge is 0.191 e. The third kappa shape index (κ3) is 8.40. The normalized spacial score (nSPS) is 13.5. The SMILES string of the molecule is CCNC(=NCC(C)(C)SC)NCC(O)COc1ccc(F)cc1. The second kappa shape index (κ2) is 10.4. The van der Waals surface area contributed by atoms with Crippen LogP contribution < -0.4 is 15.4 Å². The first-order valence-corrected chi connectivity index (χ1v) is 9.22. The van der Waals surface area contributed by atoms with Gasteiger partial charge in [0.15, 0.2) is 5.96 Å². The fraction of sp³-hybridized carbons (Fsp3) is 0.588. The van der Waals surface area contributed by atoms with Crippen LogP contribution in [0.5, 0.6) is 5.75 Å². The topological polar surface area (TPSA) is 65.9 Å². The van der Waals surface area contributed by atoms with Crippen molar-refractivity contribution < 1.29 is 14.2 Å². The van der Waals surface area contributed by atoms with E-state index in [0.717, 1.165) is 6.54 Å². The molecule has 1 unspecified atom stereocenters. The summed E-state index contributed by atoms with van der Waals surface area (Å²) < 4.78 is 18.3. The lowest BCUT2D eigenvalue weighted by molar-refractivity contribution is 0.110. The van der Waals surface area contributed by atoms with Gasteiger partial charge in [-0.15, -0.1) is 0 Å². The number of benzene rings is 1. The van der Waals surface area contributed by atoms with Gasteiger partial charge in [-0.25, -0.2) is 4.39 Å². The van der Waals surface area contributed by atoms with Gasteiger partial charge in [0.25, 0.3) is 0 Å². The maximum absolute atomic E-state index is 12.8. The Balaban J connectivity index is 2.42. The minimum atomic E-state index is -0.701. The van der Waals surface area contributed by atoms with Crippen molar-refractivity contribution in [3.8, 4) is 5.75 Å². The summed E-state index contributed by atoms with van der Waals surface area (Å²) in [5, 5.41) is 16.3. The van der Waals surface area contributed by atoms with E-state index in [1.807, 2.05) is 6.92 Å². The van der Waals surface area contributed by atoms with Crippen LogP contribution in [0.1, 0.15) is 20.8 Å². The third-order valence-electron chi connectivity index (χ3n) is 3.28. The largest absolute Gasteiger partial charge is 0.491 e. The number of aliphatic hydroxyl groups is 1. The van der Waals surface area contributed by atoms with E-state index >= 15 is 0 Å². The highest BCUT2D eigenvalue weighted by Gasteiger charge is 2.15. The van der Waals surface area contributed by atoms with E-state index in [2.05, 4.69) is 35.7 Å². The first-order valence-electron chi connectivity index (χ1n) is 8.00. The number of rotatable bonds is 9. The van der Waals surface area contributed by atoms with Crippen molar-refractivity contribution >= 4 is 17.7 Å². The molecule has 0 aliphatic heterocycles. The molecule has 24 heavy (non-hydrogen) atoms. The lowest BCUT2D eigenvalue weighted by atomic mass is 10.2. The average molecular weight is 357 g/mol. The lowest BCUT2D eigenvalue weighted by Crippen LogP contribution is -2.43. The summed E-state index contributed by atoms with van der Waals surface area (Å²) in [6.07, 6.45) is 1.36. The zero-order valence-corrected chi connectivity index (χ0v) is 15.6. The van der Waals surface area contributed by atoms with Gasteiger partial charge in [-0.1, -0.05) is 0 Å². The highest BCUT2D eigenvalue weighted by atomic mass is 32.2. The van der Waals surface area contributed by atoms with Crippen LogP contribution in [0.3, 0.4) is 0 Å². The van der Waals surface area contributed by atoms with Gasteiger partial charge in [0.1, 0.15) is 24.3 Å². The van der Waals surface area contributed by atoms with Crippen LogP contribution in [0.2, 0.25) is 0 Å². The summed E-state index contributed by atoms with van der Waals surface area (Å²) >= 11 is 1.76. The second-order valence-electron chi connectivity index (χ2n) is 5.96. The number of nitrogens with zero attached hydrogens (tertiary/aromatic N) is 1. The third-order valence-corrected chi connectivity index (χ3v) is 4.51. The average Bonchev–Trinajstić information content (AvgIpc) is 2.57. The molecule has 1 rings (SSSR count). The quantitative estimate of drug-likeness (QED) is 0.467. The number of hydrogen-bond donors (Lipinski definition) is 3. The van der Waals surface area contributed by atoms with Gasteiger partial charge in [0, 0.05) is 17.8 Å². The zero-order chi connectivity index (χ0) is 18.0. The Morgan fingerprint density at radius 2 is 2.00 bits per heavy atom. The number of aliphatic imine (C=N–C) groups is 1. The molecule has 0 aromatic heterocycles. The molecule has 0 radical (unpaired) electrons. The van der Waals surface area contributed by atoms with E-state index < -0.39 is 6.10 Å². The molecule has 0 aliphatic rings. The highest BCUT2D eigenvalue weighted by molar-refractivity contribution is 7.99. The number of guanidine groups is 1. The van der Waals surface area contributed by atoms with Crippen LogP contribution in [0, 0.1) is 5.82 Å². The van der Waals surface area contributed by atoms with Gasteiger partial charge in [-0.05, 0) is 51.3 Å². The molecular formula is C17H28FN3O2S. The fourth-order valence-corrected chi connectivity index (χ4v) is 1.87. The molecule has 0 saturated heterocycles. The summed E-state index contributed by atoms with van der Waals surface area (Å²) in [5.74, 6) is 0.877. The van der Waals surface area contributed by atoms with Crippen LogP contribution in [0.25, 0.3) is 0 Å². The molecule has 0 aliphatic carbocycles. The second-order valence-corrected chi connectivity index (χ2v) is 7.47. The van der Waals surface area contributed by atoms with Gasteiger partial charge in [-0.2, -0.15) is 11.8 Å². The molecule has 0 saturated carbocycles. The summed E-state index contributed by atoms with van der Waals surface area (Å²) in [4.78, 5) is 4.54. The predicted octanol–water partition coefficient (Wildman–Crippen LogP) is 2.26. The Morgan fingerprint density at radius 3 is 2.58 bits per heavy atom. The number of nitrogens with one attached hydrogen (secondary N) is 2. The zero-order valence-electron chi connectivity index (χ0n) is 14.8. The van der Waals surface area contributed by atoms with E-state index in [4.69, 9.17) is 4.74 Å². The van der Waals surface area contributed by atoms with Crippen molar-refractivity contribution in [2.45, 2.75) is 31.6 Å². The van der Waals surface area contributed by atoms with Crippen LogP contribution in [0.15, 0.2) is 29.3 Å². The monoisotopic (exact) mass is 357 g/mol. The Morgan fingerprint density at radius 1 is 1.33 bits per heavy atom. The van der Waals surface area contributed by atoms with E-state index in [9.17, 15) is 9.50 Å². The van der Waals surface area contributed by atoms with Crippen molar-refractivity contribution in [1.29, 1.82) is 0 Å². The van der Waals surface area contributed by atoms with Crippen molar-refractivity contribution in [3.05, 3.63) is 30.1 Å². The standard InChI is InChI=1S/C17H28FN3O2S/c1-5-19-16(21-12-17(2,3)24-4)20-10-14(22)11-23-15-8-6-13(18)7-9-15/h6-9,14,22H,5,10-12H2,1-4H3,(H2,19,20,21). The number of ether oxygens (including phenoxy) is 1. The van der Waals surface area contributed by atoms with Crippen LogP contribution in [0.4, 0.5) is 4.39 Å². The summed E-state index contributed by atoms with van der Waals surface area (Å²) in [5.41, 5.74) is 0. The van der Waals surface area contributed by atoms with Crippen LogP contribution in [-0.4, -0.2) is 54.4 Å². The van der Waals surface area contributed by atoms with E-state index in [1.54, 1.807) is 11.8 Å². The molecule has 1 aromatic rings. The molecule has 0 fully saturated rings. The van der Waals surface area contributed by atoms with Crippen LogP contribution in [-0.2, 0) is 0 Å². The molecular weight excluding hydrogens is 329 g/mol. The van der Waals surface area contributed by atoms with Crippen molar-refractivity contribution in [2.75, 3.05) is 32.5 Å². The number of halogens is 1. The Kier molecular flexibility index (Phi) is 8.92. The van der Waals surface area contributed by atoms with E-state index in [-0.39, 0.29) is 17.2 Å². The molecule has 1 atom stereocenters. The Bertz CT molecular complexity index is 509. The number of hydrogen-bond acceptors (Lipinski definition) is 4. The molecule has 0 amide bonds. The molecule has 3 N–H and O–H groups in total. The molecule has 136 valence electrons.